The van der Waals surface area contributed by atoms with Gasteiger partial charge in [0.25, 0.3) is 0 Å². The summed E-state index contributed by atoms with van der Waals surface area (Å²) in [4.78, 5) is 24.7. The summed E-state index contributed by atoms with van der Waals surface area (Å²) in [6.45, 7) is 7.46. The van der Waals surface area contributed by atoms with Crippen molar-refractivity contribution in [1.82, 2.24) is 4.90 Å². The van der Waals surface area contributed by atoms with E-state index in [1.54, 1.807) is 0 Å². The van der Waals surface area contributed by atoms with Crippen LogP contribution in [0.5, 0.6) is 0 Å². The minimum Gasteiger partial charge on any atom is -0.480 e. The van der Waals surface area contributed by atoms with Crippen molar-refractivity contribution in [1.29, 1.82) is 0 Å². The van der Waals surface area contributed by atoms with E-state index >= 15 is 0 Å². The third-order valence-electron chi connectivity index (χ3n) is 2.96. The number of hydrogen-bond acceptors (Lipinski definition) is 4. The minimum absolute atomic E-state index is 0.128. The fourth-order valence-corrected chi connectivity index (χ4v) is 2.87. The van der Waals surface area contributed by atoms with Crippen LogP contribution in [0.1, 0.15) is 27.7 Å². The summed E-state index contributed by atoms with van der Waals surface area (Å²) < 4.78 is 0. The van der Waals surface area contributed by atoms with Gasteiger partial charge in [0.1, 0.15) is 6.04 Å². The van der Waals surface area contributed by atoms with Gasteiger partial charge in [-0.15, -0.1) is 11.8 Å². The third-order valence-corrected chi connectivity index (χ3v) is 4.18. The lowest BCUT2D eigenvalue weighted by Gasteiger charge is -2.33. The van der Waals surface area contributed by atoms with Crippen LogP contribution in [0, 0.1) is 5.41 Å². The normalized spacial score (nSPS) is 27.0. The van der Waals surface area contributed by atoms with Gasteiger partial charge in [-0.3, -0.25) is 4.79 Å². The Morgan fingerprint density at radius 1 is 1.47 bits per heavy atom. The summed E-state index contributed by atoms with van der Waals surface area (Å²) in [6.07, 6.45) is 0. The van der Waals surface area contributed by atoms with E-state index in [0.29, 0.717) is 5.75 Å². The molecular formula is C11H20N2O3S. The Kier molecular flexibility index (Phi) is 4.09. The molecule has 0 aromatic heterocycles. The summed E-state index contributed by atoms with van der Waals surface area (Å²) >= 11 is 1.47. The average Bonchev–Trinajstić information content (AvgIpc) is 2.56. The summed E-state index contributed by atoms with van der Waals surface area (Å²) in [5.41, 5.74) is 5.54. The summed E-state index contributed by atoms with van der Waals surface area (Å²) in [5.74, 6) is -0.808. The van der Waals surface area contributed by atoms with Crippen LogP contribution in [0.15, 0.2) is 0 Å². The molecule has 0 bridgehead atoms. The Morgan fingerprint density at radius 2 is 2.00 bits per heavy atom. The molecule has 3 atom stereocenters. The first-order valence-electron chi connectivity index (χ1n) is 5.58. The highest BCUT2D eigenvalue weighted by Gasteiger charge is 2.43. The van der Waals surface area contributed by atoms with Crippen molar-refractivity contribution in [2.45, 2.75) is 45.2 Å². The standard InChI is InChI=1S/C11H20N2O3S/c1-6-13(7(5-17-6)10(15)16)9(14)8(12)11(2,3)4/h6-8H,5,12H2,1-4H3,(H,15,16). The maximum Gasteiger partial charge on any atom is 0.327 e. The number of nitrogens with zero attached hydrogens (tertiary/aromatic N) is 1. The molecule has 0 spiro atoms. The topological polar surface area (TPSA) is 83.6 Å². The second-order valence-corrected chi connectivity index (χ2v) is 6.72. The van der Waals surface area contributed by atoms with Crippen LogP contribution in [0.2, 0.25) is 0 Å². The molecule has 6 heteroatoms. The number of thioether (sulfide) groups is 1. The van der Waals surface area contributed by atoms with Gasteiger partial charge in [0.15, 0.2) is 0 Å². The number of carboxylic acid groups (broad SMARTS) is 1. The van der Waals surface area contributed by atoms with Crippen LogP contribution in [-0.2, 0) is 9.59 Å². The molecule has 98 valence electrons. The molecule has 0 aliphatic carbocycles. The number of nitrogens with two attached hydrogens (primary N) is 1. The largest absolute Gasteiger partial charge is 0.480 e. The van der Waals surface area contributed by atoms with E-state index in [2.05, 4.69) is 0 Å². The maximum atomic E-state index is 12.2. The van der Waals surface area contributed by atoms with E-state index < -0.39 is 18.1 Å². The second-order valence-electron chi connectivity index (χ2n) is 5.38. The molecule has 0 radical (unpaired) electrons. The van der Waals surface area contributed by atoms with Crippen LogP contribution in [0.4, 0.5) is 0 Å². The van der Waals surface area contributed by atoms with Crippen LogP contribution in [-0.4, -0.2) is 45.1 Å². The summed E-state index contributed by atoms with van der Waals surface area (Å²) in [6, 6.07) is -1.43. The molecule has 3 N–H and O–H groups in total. The Bertz CT molecular complexity index is 327. The monoisotopic (exact) mass is 260 g/mol. The highest BCUT2D eigenvalue weighted by Crippen LogP contribution is 2.31. The van der Waals surface area contributed by atoms with Crippen molar-refractivity contribution in [3.63, 3.8) is 0 Å². The Hall–Kier alpha value is -0.750. The second kappa shape index (κ2) is 4.86. The van der Waals surface area contributed by atoms with E-state index in [9.17, 15) is 9.59 Å². The molecule has 5 nitrogen and oxygen atoms in total. The predicted octanol–water partition coefficient (Wildman–Crippen LogP) is 0.734. The number of carbonyl (C=O) groups is 2. The SMILES string of the molecule is CC1SCC(C(=O)O)N1C(=O)C(N)C(C)(C)C. The van der Waals surface area contributed by atoms with Gasteiger partial charge in [-0.25, -0.2) is 4.79 Å². The number of aliphatic carboxylic acids is 1. The first kappa shape index (κ1) is 14.3. The van der Waals surface area contributed by atoms with Crippen molar-refractivity contribution in [3.05, 3.63) is 0 Å². The Balaban J connectivity index is 2.90. The van der Waals surface area contributed by atoms with Crippen molar-refractivity contribution in [2.75, 3.05) is 5.75 Å². The fraction of sp³-hybridized carbons (Fsp3) is 0.818. The number of rotatable bonds is 2. The van der Waals surface area contributed by atoms with Crippen LogP contribution >= 0.6 is 11.8 Å². The molecular weight excluding hydrogens is 240 g/mol. The minimum atomic E-state index is -0.962. The first-order valence-corrected chi connectivity index (χ1v) is 6.63. The molecule has 1 fully saturated rings. The highest BCUT2D eigenvalue weighted by atomic mass is 32.2. The lowest BCUT2D eigenvalue weighted by molar-refractivity contribution is -0.150. The third kappa shape index (κ3) is 2.93. The van der Waals surface area contributed by atoms with Gasteiger partial charge >= 0.3 is 5.97 Å². The van der Waals surface area contributed by atoms with Gasteiger partial charge in [-0.1, -0.05) is 20.8 Å². The molecule has 1 aliphatic rings. The quantitative estimate of drug-likeness (QED) is 0.765. The van der Waals surface area contributed by atoms with Crippen molar-refractivity contribution >= 4 is 23.6 Å². The molecule has 1 heterocycles. The van der Waals surface area contributed by atoms with E-state index in [-0.39, 0.29) is 16.7 Å². The number of amides is 1. The zero-order valence-electron chi connectivity index (χ0n) is 10.6. The zero-order valence-corrected chi connectivity index (χ0v) is 11.5. The molecule has 1 rings (SSSR count). The highest BCUT2D eigenvalue weighted by molar-refractivity contribution is 8.00. The van der Waals surface area contributed by atoms with Crippen molar-refractivity contribution < 1.29 is 14.7 Å². The molecule has 0 aromatic carbocycles. The van der Waals surface area contributed by atoms with E-state index in [0.717, 1.165) is 0 Å². The van der Waals surface area contributed by atoms with Crippen molar-refractivity contribution in [2.24, 2.45) is 11.1 Å². The molecule has 1 amide bonds. The number of carbonyl (C=O) groups excluding carboxylic acids is 1. The molecule has 1 saturated heterocycles. The molecule has 0 saturated carbocycles. The Morgan fingerprint density at radius 3 is 2.41 bits per heavy atom. The molecule has 0 aromatic rings. The van der Waals surface area contributed by atoms with Gasteiger partial charge in [-0.05, 0) is 12.3 Å². The molecule has 1 aliphatic heterocycles. The first-order chi connectivity index (χ1) is 7.66. The van der Waals surface area contributed by atoms with Gasteiger partial charge < -0.3 is 15.7 Å². The number of carboxylic acids is 1. The predicted molar refractivity (Wildman–Crippen MR) is 67.6 cm³/mol. The summed E-state index contributed by atoms with van der Waals surface area (Å²) in [7, 11) is 0. The van der Waals surface area contributed by atoms with Crippen LogP contribution < -0.4 is 5.73 Å². The smallest absolute Gasteiger partial charge is 0.327 e. The van der Waals surface area contributed by atoms with Gasteiger partial charge in [0, 0.05) is 5.75 Å². The average molecular weight is 260 g/mol. The van der Waals surface area contributed by atoms with Crippen molar-refractivity contribution in [3.8, 4) is 0 Å². The van der Waals surface area contributed by atoms with E-state index in [4.69, 9.17) is 10.8 Å². The van der Waals surface area contributed by atoms with Gasteiger partial charge in [0.05, 0.1) is 11.4 Å². The fourth-order valence-electron chi connectivity index (χ4n) is 1.70. The lowest BCUT2D eigenvalue weighted by atomic mass is 9.86. The summed E-state index contributed by atoms with van der Waals surface area (Å²) in [5, 5.41) is 8.96. The van der Waals surface area contributed by atoms with Crippen LogP contribution in [0.25, 0.3) is 0 Å². The molecule has 17 heavy (non-hydrogen) atoms. The van der Waals surface area contributed by atoms with E-state index in [1.165, 1.54) is 16.7 Å². The zero-order chi connectivity index (χ0) is 13.4. The number of hydrogen-bond donors (Lipinski definition) is 2. The molecule has 3 unspecified atom stereocenters. The van der Waals surface area contributed by atoms with Gasteiger partial charge in [0.2, 0.25) is 5.91 Å². The van der Waals surface area contributed by atoms with Crippen LogP contribution in [0.3, 0.4) is 0 Å². The maximum absolute atomic E-state index is 12.2. The van der Waals surface area contributed by atoms with Gasteiger partial charge in [-0.2, -0.15) is 0 Å². The lowest BCUT2D eigenvalue weighted by Crippen LogP contribution is -2.55. The van der Waals surface area contributed by atoms with E-state index in [1.807, 2.05) is 27.7 Å². The Labute approximate surface area is 106 Å².